The summed E-state index contributed by atoms with van der Waals surface area (Å²) in [5, 5.41) is 70.0. The molecule has 1 aliphatic heterocycles. The van der Waals surface area contributed by atoms with Crippen LogP contribution in [0.4, 0.5) is 0 Å². The largest absolute Gasteiger partial charge is 0.506 e. The van der Waals surface area contributed by atoms with Gasteiger partial charge in [-0.15, -0.1) is 0 Å². The number of phenolic OH excluding ortho intramolecular Hbond substituents is 1. The van der Waals surface area contributed by atoms with Crippen molar-refractivity contribution >= 4 is 29.1 Å². The van der Waals surface area contributed by atoms with Crippen LogP contribution in [-0.4, -0.2) is 129 Å². The third-order valence-corrected chi connectivity index (χ3v) is 10.2. The second-order valence-electron chi connectivity index (χ2n) is 12.8. The number of aryl methyl sites for hydroxylation is 1. The highest BCUT2D eigenvalue weighted by Gasteiger charge is 2.72. The molecule has 49 heavy (non-hydrogen) atoms. The third-order valence-electron chi connectivity index (χ3n) is 10.2. The molecule has 4 aliphatic rings. The first kappa shape index (κ1) is 34.9. The Labute approximate surface area is 278 Å². The third kappa shape index (κ3) is 4.46. The minimum atomic E-state index is -3.04. The molecule has 2 aromatic rings. The molecule has 16 heteroatoms. The number of rotatable bonds is 5. The zero-order chi connectivity index (χ0) is 36.1. The van der Waals surface area contributed by atoms with Gasteiger partial charge in [0.15, 0.2) is 22.7 Å². The Morgan fingerprint density at radius 2 is 1.59 bits per heavy atom. The Bertz CT molecular complexity index is 1840. The number of aromatic hydroxyl groups is 1. The number of methoxy groups -OCH3 is 3. The van der Waals surface area contributed by atoms with E-state index in [1.807, 2.05) is 0 Å². The Balaban J connectivity index is 1.52. The predicted molar refractivity (Wildman–Crippen MR) is 161 cm³/mol. The van der Waals surface area contributed by atoms with E-state index in [9.17, 15) is 54.6 Å². The summed E-state index contributed by atoms with van der Waals surface area (Å²) in [5.74, 6) is -6.86. The van der Waals surface area contributed by atoms with Gasteiger partial charge in [0.2, 0.25) is 17.3 Å². The number of carbonyl (C=O) groups excluding carboxylic acids is 5. The van der Waals surface area contributed by atoms with Gasteiger partial charge in [-0.05, 0) is 42.7 Å². The first-order valence-corrected chi connectivity index (χ1v) is 15.2. The second-order valence-corrected chi connectivity index (χ2v) is 12.8. The smallest absolute Gasteiger partial charge is 0.338 e. The molecule has 1 fully saturated rings. The highest BCUT2D eigenvalue weighted by molar-refractivity contribution is 6.28. The average Bonchev–Trinajstić information content (AvgIpc) is 3.04. The summed E-state index contributed by atoms with van der Waals surface area (Å²) in [5.41, 5.74) is -11.3. The lowest BCUT2D eigenvalue weighted by Gasteiger charge is -2.53. The van der Waals surface area contributed by atoms with Gasteiger partial charge in [-0.3, -0.25) is 24.5 Å². The molecule has 0 amide bonds. The van der Waals surface area contributed by atoms with Crippen LogP contribution in [0.5, 0.6) is 5.75 Å². The fourth-order valence-electron chi connectivity index (χ4n) is 7.69. The first-order valence-electron chi connectivity index (χ1n) is 15.2. The first-order chi connectivity index (χ1) is 22.9. The number of hydrogen-bond donors (Lipinski definition) is 7. The van der Waals surface area contributed by atoms with Gasteiger partial charge >= 0.3 is 5.97 Å². The summed E-state index contributed by atoms with van der Waals surface area (Å²) in [6, 6.07) is 3.36. The van der Waals surface area contributed by atoms with Crippen LogP contribution in [0.25, 0.3) is 0 Å². The van der Waals surface area contributed by atoms with Crippen molar-refractivity contribution in [3.05, 3.63) is 62.7 Å². The van der Waals surface area contributed by atoms with Gasteiger partial charge in [0.25, 0.3) is 0 Å². The molecule has 16 nitrogen and oxygen atoms in total. The van der Waals surface area contributed by atoms with Crippen LogP contribution in [0.2, 0.25) is 0 Å². The summed E-state index contributed by atoms with van der Waals surface area (Å²) in [6.45, 7) is 2.97. The second kappa shape index (κ2) is 11.5. The quantitative estimate of drug-likeness (QED) is 0.141. The molecule has 0 bridgehead atoms. The number of hydrogen-bond acceptors (Lipinski definition) is 16. The van der Waals surface area contributed by atoms with Crippen molar-refractivity contribution in [2.24, 2.45) is 0 Å². The molecule has 262 valence electrons. The van der Waals surface area contributed by atoms with Crippen LogP contribution in [0.3, 0.4) is 0 Å². The van der Waals surface area contributed by atoms with E-state index in [1.54, 1.807) is 6.92 Å². The minimum absolute atomic E-state index is 0.0708. The molecule has 9 atom stereocenters. The van der Waals surface area contributed by atoms with Crippen molar-refractivity contribution in [2.75, 3.05) is 21.3 Å². The Hall–Kier alpha value is -3.97. The van der Waals surface area contributed by atoms with E-state index in [0.29, 0.717) is 5.56 Å². The number of phenols is 1. The fourth-order valence-corrected chi connectivity index (χ4v) is 7.69. The van der Waals surface area contributed by atoms with E-state index in [2.05, 4.69) is 5.32 Å². The molecule has 0 unspecified atom stereocenters. The van der Waals surface area contributed by atoms with Crippen molar-refractivity contribution < 1.29 is 73.6 Å². The van der Waals surface area contributed by atoms with Crippen LogP contribution in [0.1, 0.15) is 81.8 Å². The number of nitrogens with one attached hydrogen (secondary N) is 1. The Kier molecular flexibility index (Phi) is 8.22. The van der Waals surface area contributed by atoms with Gasteiger partial charge < -0.3 is 49.6 Å². The van der Waals surface area contributed by atoms with Crippen molar-refractivity contribution in [1.82, 2.24) is 5.32 Å². The van der Waals surface area contributed by atoms with E-state index >= 15 is 0 Å². The van der Waals surface area contributed by atoms with Gasteiger partial charge in [-0.25, -0.2) is 4.79 Å². The summed E-state index contributed by atoms with van der Waals surface area (Å²) in [4.78, 5) is 69.0. The molecule has 0 spiro atoms. The summed E-state index contributed by atoms with van der Waals surface area (Å²) >= 11 is 0. The Morgan fingerprint density at radius 3 is 2.20 bits per heavy atom. The van der Waals surface area contributed by atoms with Crippen LogP contribution in [0, 0.1) is 6.92 Å². The number of aliphatic hydroxyl groups is 5. The number of aliphatic hydroxyl groups excluding tert-OH is 3. The maximum atomic E-state index is 14.5. The standard InChI is InChI=1S/C33H35NO15/c1-11-6-13-7-19(36)33(48-5)28(42)21-16(27(41)32(33,45)17(13)9-14(11)30(43)47-4)8-15-20(23(21)38)18(35)10-31(44,26(15)40)34-29-25(46-3)24(39)22(37)12(2)49-29/h6,8-9,12,19,22,24-25,29,34,36-39,44-45H,7,10H2,1-5H3/t12-,19+,22-,24+,25+,29-,31+,32-,33-/m0/s1. The molecular formula is C33H35NO15. The monoisotopic (exact) mass is 685 g/mol. The zero-order valence-electron chi connectivity index (χ0n) is 27.0. The number of esters is 1. The molecular weight excluding hydrogens is 650 g/mol. The van der Waals surface area contributed by atoms with E-state index in [1.165, 1.54) is 20.1 Å². The van der Waals surface area contributed by atoms with Crippen molar-refractivity contribution in [3.8, 4) is 5.75 Å². The van der Waals surface area contributed by atoms with Crippen LogP contribution in [0.15, 0.2) is 18.2 Å². The molecule has 1 heterocycles. The van der Waals surface area contributed by atoms with E-state index in [0.717, 1.165) is 26.4 Å². The number of ketones is 4. The van der Waals surface area contributed by atoms with Gasteiger partial charge in [0, 0.05) is 31.8 Å². The molecule has 2 aromatic carbocycles. The van der Waals surface area contributed by atoms with Gasteiger partial charge in [-0.2, -0.15) is 0 Å². The van der Waals surface area contributed by atoms with Crippen molar-refractivity contribution in [2.45, 2.75) is 80.4 Å². The number of Topliss-reactive ketones (excluding diaryl/α,β-unsaturated/α-hetero) is 4. The van der Waals surface area contributed by atoms with Gasteiger partial charge in [-0.1, -0.05) is 6.07 Å². The van der Waals surface area contributed by atoms with Crippen molar-refractivity contribution in [3.63, 3.8) is 0 Å². The molecule has 1 saturated heterocycles. The molecule has 6 rings (SSSR count). The van der Waals surface area contributed by atoms with Gasteiger partial charge in [0.05, 0.1) is 42.4 Å². The highest BCUT2D eigenvalue weighted by Crippen LogP contribution is 2.54. The van der Waals surface area contributed by atoms with Gasteiger partial charge in [0.1, 0.15) is 30.3 Å². The highest BCUT2D eigenvalue weighted by atomic mass is 16.6. The molecule has 3 aliphatic carbocycles. The fraction of sp³-hybridized carbons (Fsp3) is 0.485. The average molecular weight is 686 g/mol. The number of carbonyl (C=O) groups is 5. The van der Waals surface area contributed by atoms with E-state index < -0.39 is 117 Å². The lowest BCUT2D eigenvalue weighted by atomic mass is 9.56. The zero-order valence-corrected chi connectivity index (χ0v) is 27.0. The van der Waals surface area contributed by atoms with Crippen LogP contribution >= 0.6 is 0 Å². The number of fused-ring (bicyclic) bond motifs is 5. The van der Waals surface area contributed by atoms with Crippen molar-refractivity contribution in [1.29, 1.82) is 0 Å². The predicted octanol–water partition coefficient (Wildman–Crippen LogP) is -1.41. The minimum Gasteiger partial charge on any atom is -0.506 e. The number of ether oxygens (including phenoxy) is 4. The lowest BCUT2D eigenvalue weighted by molar-refractivity contribution is -0.242. The summed E-state index contributed by atoms with van der Waals surface area (Å²) < 4.78 is 21.2. The van der Waals surface area contributed by atoms with Crippen LogP contribution < -0.4 is 5.32 Å². The molecule has 0 saturated carbocycles. The Morgan fingerprint density at radius 1 is 0.939 bits per heavy atom. The summed E-state index contributed by atoms with van der Waals surface area (Å²) in [7, 11) is 3.25. The maximum absolute atomic E-state index is 14.5. The van der Waals surface area contributed by atoms with Crippen LogP contribution in [-0.2, 0) is 31.0 Å². The lowest BCUT2D eigenvalue weighted by Crippen LogP contribution is -2.73. The maximum Gasteiger partial charge on any atom is 0.338 e. The summed E-state index contributed by atoms with van der Waals surface area (Å²) in [6.07, 6.45) is -9.95. The molecule has 0 aromatic heterocycles. The molecule has 0 radical (unpaired) electrons. The number of benzene rings is 2. The molecule has 7 N–H and O–H groups in total. The van der Waals surface area contributed by atoms with E-state index in [4.69, 9.17) is 18.9 Å². The topological polar surface area (TPSA) is 256 Å². The normalized spacial score (nSPS) is 35.3. The van der Waals surface area contributed by atoms with E-state index in [-0.39, 0.29) is 23.1 Å². The SMILES string of the molecule is COC(=O)c1cc2c(cc1C)C[C@@H](O)[C@]1(OC)C(=O)c3c(cc4c(c3O)C(=O)C[C@](O)(N[C@H]3O[C@@H](C)[C@H](O)[C@@H](O)[C@H]3OC)C4=O)C(=O)[C@@]21O.